The van der Waals surface area contributed by atoms with E-state index in [-0.39, 0.29) is 64.3 Å². The molecule has 214 valence electrons. The Hall–Kier alpha value is -2.67. The molecule has 0 aromatic heterocycles. The molecule has 0 saturated carbocycles. The largest absolute Gasteiger partial charge is 0.416 e. The predicted octanol–water partition coefficient (Wildman–Crippen LogP) is 3.86. The Morgan fingerprint density at radius 1 is 1.13 bits per heavy atom. The quantitative estimate of drug-likeness (QED) is 0.388. The summed E-state index contributed by atoms with van der Waals surface area (Å²) in [4.78, 5) is 26.7. The number of likely N-dealkylation sites (tertiary alicyclic amines) is 1. The number of halogens is 4. The molecule has 0 aliphatic carbocycles. The van der Waals surface area contributed by atoms with Crippen molar-refractivity contribution in [2.24, 2.45) is 5.73 Å². The molecule has 3 rings (SSSR count). The number of rotatable bonds is 10. The maximum atomic E-state index is 14.1. The van der Waals surface area contributed by atoms with Crippen LogP contribution < -0.4 is 16.4 Å². The van der Waals surface area contributed by atoms with Crippen LogP contribution in [-0.4, -0.2) is 50.1 Å². The number of hydrogen-bond donors (Lipinski definition) is 3. The normalized spacial score (nSPS) is 16.6. The monoisotopic (exact) mass is 588 g/mol. The van der Waals surface area contributed by atoms with E-state index in [1.807, 2.05) is 0 Å². The van der Waals surface area contributed by atoms with Crippen LogP contribution in [0.1, 0.15) is 59.7 Å². The topological polar surface area (TPSA) is 122 Å². The number of carbonyl (C=O) groups is 2. The zero-order chi connectivity index (χ0) is 28.8. The number of nitrogens with one attached hydrogen (secondary N) is 2. The summed E-state index contributed by atoms with van der Waals surface area (Å²) in [5.74, 6) is -1.22. The lowest BCUT2D eigenvalue weighted by atomic mass is 10.00. The van der Waals surface area contributed by atoms with Crippen molar-refractivity contribution < 1.29 is 31.2 Å². The fourth-order valence-electron chi connectivity index (χ4n) is 4.49. The van der Waals surface area contributed by atoms with E-state index < -0.39 is 33.6 Å². The highest BCUT2D eigenvalue weighted by Gasteiger charge is 2.35. The van der Waals surface area contributed by atoms with Crippen LogP contribution >= 0.6 is 11.6 Å². The Kier molecular flexibility index (Phi) is 10.4. The molecule has 0 bridgehead atoms. The van der Waals surface area contributed by atoms with Gasteiger partial charge in [-0.2, -0.15) is 13.2 Å². The molecule has 39 heavy (non-hydrogen) atoms. The molecule has 0 unspecified atom stereocenters. The fraction of sp³-hybridized carbons (Fsp3) is 0.462. The SMILES string of the molecule is CCS(=O)(=O)c1ccc(Cl)cc1CNC(=O)c1ccc(CN2CCCC[C@@H]2NC(=O)CCN)c(C(F)(F)F)c1. The third-order valence-corrected chi connectivity index (χ3v) is 8.60. The van der Waals surface area contributed by atoms with Crippen LogP contribution in [0.15, 0.2) is 41.3 Å². The second-order valence-electron chi connectivity index (χ2n) is 9.30. The minimum Gasteiger partial charge on any atom is -0.348 e. The third-order valence-electron chi connectivity index (χ3n) is 6.54. The number of carbonyl (C=O) groups excluding carboxylic acids is 2. The van der Waals surface area contributed by atoms with Gasteiger partial charge in [-0.3, -0.25) is 14.5 Å². The summed E-state index contributed by atoms with van der Waals surface area (Å²) in [6.45, 7) is 1.86. The molecule has 0 radical (unpaired) electrons. The molecule has 1 saturated heterocycles. The lowest BCUT2D eigenvalue weighted by molar-refractivity contribution is -0.138. The summed E-state index contributed by atoms with van der Waals surface area (Å²) in [7, 11) is -3.62. The third kappa shape index (κ3) is 8.17. The van der Waals surface area contributed by atoms with Crippen LogP contribution in [0.2, 0.25) is 5.02 Å². The van der Waals surface area contributed by atoms with Crippen molar-refractivity contribution in [1.29, 1.82) is 0 Å². The first-order valence-electron chi connectivity index (χ1n) is 12.6. The minimum absolute atomic E-state index is 0.00401. The van der Waals surface area contributed by atoms with Crippen LogP contribution in [0, 0.1) is 0 Å². The Morgan fingerprint density at radius 3 is 2.54 bits per heavy atom. The molecule has 1 aliphatic rings. The van der Waals surface area contributed by atoms with Gasteiger partial charge < -0.3 is 16.4 Å². The average Bonchev–Trinajstić information content (AvgIpc) is 2.88. The van der Waals surface area contributed by atoms with Gasteiger partial charge in [-0.05, 0) is 60.7 Å². The van der Waals surface area contributed by atoms with Crippen LogP contribution in [0.5, 0.6) is 0 Å². The maximum absolute atomic E-state index is 14.1. The van der Waals surface area contributed by atoms with Gasteiger partial charge in [-0.1, -0.05) is 24.6 Å². The second kappa shape index (κ2) is 13.1. The zero-order valence-electron chi connectivity index (χ0n) is 21.5. The van der Waals surface area contributed by atoms with Gasteiger partial charge in [0.25, 0.3) is 5.91 Å². The highest BCUT2D eigenvalue weighted by molar-refractivity contribution is 7.91. The maximum Gasteiger partial charge on any atom is 0.416 e. The molecule has 1 aliphatic heterocycles. The van der Waals surface area contributed by atoms with Crippen molar-refractivity contribution in [2.45, 2.75) is 62.9 Å². The van der Waals surface area contributed by atoms with E-state index in [0.29, 0.717) is 13.0 Å². The number of piperidine rings is 1. The Bertz CT molecular complexity index is 1300. The summed E-state index contributed by atoms with van der Waals surface area (Å²) in [5.41, 5.74) is 4.46. The van der Waals surface area contributed by atoms with E-state index in [2.05, 4.69) is 10.6 Å². The number of nitrogens with two attached hydrogens (primary N) is 1. The highest BCUT2D eigenvalue weighted by Crippen LogP contribution is 2.34. The number of benzene rings is 2. The van der Waals surface area contributed by atoms with Gasteiger partial charge in [0.15, 0.2) is 9.84 Å². The van der Waals surface area contributed by atoms with Gasteiger partial charge in [0.1, 0.15) is 0 Å². The molecule has 1 heterocycles. The van der Waals surface area contributed by atoms with E-state index in [9.17, 15) is 31.2 Å². The van der Waals surface area contributed by atoms with Crippen molar-refractivity contribution in [3.63, 3.8) is 0 Å². The first-order valence-corrected chi connectivity index (χ1v) is 14.6. The average molecular weight is 589 g/mol. The van der Waals surface area contributed by atoms with E-state index in [1.165, 1.54) is 37.3 Å². The van der Waals surface area contributed by atoms with E-state index >= 15 is 0 Å². The summed E-state index contributed by atoms with van der Waals surface area (Å²) >= 11 is 6.00. The summed E-state index contributed by atoms with van der Waals surface area (Å²) in [6.07, 6.45) is -2.78. The van der Waals surface area contributed by atoms with Gasteiger partial charge >= 0.3 is 6.18 Å². The second-order valence-corrected chi connectivity index (χ2v) is 12.0. The molecular formula is C26H32ClF3N4O4S. The molecule has 1 atom stereocenters. The van der Waals surface area contributed by atoms with Gasteiger partial charge in [-0.15, -0.1) is 0 Å². The number of amides is 2. The van der Waals surface area contributed by atoms with Gasteiger partial charge in [0, 0.05) is 43.2 Å². The first-order chi connectivity index (χ1) is 18.4. The van der Waals surface area contributed by atoms with E-state index in [0.717, 1.165) is 18.9 Å². The van der Waals surface area contributed by atoms with Crippen molar-refractivity contribution in [1.82, 2.24) is 15.5 Å². The number of hydrogen-bond acceptors (Lipinski definition) is 6. The van der Waals surface area contributed by atoms with Gasteiger partial charge in [0.05, 0.1) is 22.4 Å². The first kappa shape index (κ1) is 30.9. The Balaban J connectivity index is 1.81. The smallest absolute Gasteiger partial charge is 0.348 e. The molecule has 13 heteroatoms. The van der Waals surface area contributed by atoms with Crippen LogP contribution in [-0.2, 0) is 33.9 Å². The van der Waals surface area contributed by atoms with Crippen LogP contribution in [0.3, 0.4) is 0 Å². The molecular weight excluding hydrogens is 557 g/mol. The van der Waals surface area contributed by atoms with E-state index in [4.69, 9.17) is 17.3 Å². The summed E-state index contributed by atoms with van der Waals surface area (Å²) in [5, 5.41) is 5.60. The minimum atomic E-state index is -4.73. The molecule has 8 nitrogen and oxygen atoms in total. The molecule has 0 spiro atoms. The number of alkyl halides is 3. The van der Waals surface area contributed by atoms with Crippen molar-refractivity contribution in [3.8, 4) is 0 Å². The van der Waals surface area contributed by atoms with Crippen LogP contribution in [0.25, 0.3) is 0 Å². The lowest BCUT2D eigenvalue weighted by Gasteiger charge is -2.36. The van der Waals surface area contributed by atoms with Crippen molar-refractivity contribution >= 4 is 33.3 Å². The Morgan fingerprint density at radius 2 is 1.87 bits per heavy atom. The summed E-state index contributed by atoms with van der Waals surface area (Å²) in [6, 6.07) is 7.51. The molecule has 2 aromatic rings. The standard InChI is InChI=1S/C26H32ClF3N4O4S/c1-2-39(37,38)22-9-8-20(27)13-19(22)15-32-25(36)17-6-7-18(21(14-17)26(28,29)30)16-34-12-4-3-5-23(34)33-24(35)10-11-31/h6-9,13-14,23H,2-5,10-12,15-16,31H2,1H3,(H,32,36)(H,33,35)/t23-/m1/s1. The van der Waals surface area contributed by atoms with Crippen molar-refractivity contribution in [3.05, 3.63) is 63.7 Å². The number of sulfone groups is 1. The lowest BCUT2D eigenvalue weighted by Crippen LogP contribution is -2.50. The van der Waals surface area contributed by atoms with E-state index in [1.54, 1.807) is 4.90 Å². The zero-order valence-corrected chi connectivity index (χ0v) is 23.1. The highest BCUT2D eigenvalue weighted by atomic mass is 35.5. The molecule has 1 fully saturated rings. The van der Waals surface area contributed by atoms with Gasteiger partial charge in [-0.25, -0.2) is 8.42 Å². The van der Waals surface area contributed by atoms with Gasteiger partial charge in [0.2, 0.25) is 5.91 Å². The summed E-state index contributed by atoms with van der Waals surface area (Å²) < 4.78 is 67.0. The predicted molar refractivity (Wildman–Crippen MR) is 142 cm³/mol. The van der Waals surface area contributed by atoms with Crippen molar-refractivity contribution in [2.75, 3.05) is 18.8 Å². The van der Waals surface area contributed by atoms with Crippen LogP contribution in [0.4, 0.5) is 13.2 Å². The molecule has 2 amide bonds. The Labute approximate surface area is 231 Å². The molecule has 2 aromatic carbocycles. The number of nitrogens with zero attached hydrogens (tertiary/aromatic N) is 1. The molecule has 4 N–H and O–H groups in total. The fourth-order valence-corrected chi connectivity index (χ4v) is 5.81.